The van der Waals surface area contributed by atoms with E-state index in [4.69, 9.17) is 0 Å². The highest BCUT2D eigenvalue weighted by molar-refractivity contribution is 5.94. The maximum atomic E-state index is 12.6. The first kappa shape index (κ1) is 18.4. The number of nitrogens with zero attached hydrogens (tertiary/aromatic N) is 3. The van der Waals surface area contributed by atoms with Crippen molar-refractivity contribution in [1.82, 2.24) is 14.8 Å². The van der Waals surface area contributed by atoms with Crippen LogP contribution in [0.25, 0.3) is 0 Å². The lowest BCUT2D eigenvalue weighted by atomic mass is 10.1. The molecular formula is C19H20F3N3O. The van der Waals surface area contributed by atoms with Crippen molar-refractivity contribution in [1.29, 1.82) is 0 Å². The topological polar surface area (TPSA) is 36.4 Å². The zero-order valence-electron chi connectivity index (χ0n) is 14.2. The van der Waals surface area contributed by atoms with E-state index in [-0.39, 0.29) is 11.5 Å². The van der Waals surface area contributed by atoms with Gasteiger partial charge in [0.2, 0.25) is 0 Å². The third kappa shape index (κ3) is 4.60. The van der Waals surface area contributed by atoms with Crippen molar-refractivity contribution in [3.05, 3.63) is 65.5 Å². The first-order valence-electron chi connectivity index (χ1n) is 8.52. The second-order valence-corrected chi connectivity index (χ2v) is 6.30. The average Bonchev–Trinajstić information content (AvgIpc) is 2.66. The van der Waals surface area contributed by atoms with Gasteiger partial charge in [0.05, 0.1) is 5.56 Å². The summed E-state index contributed by atoms with van der Waals surface area (Å²) >= 11 is 0. The second kappa shape index (κ2) is 7.86. The second-order valence-electron chi connectivity index (χ2n) is 6.30. The minimum absolute atomic E-state index is 0.190. The molecule has 7 heteroatoms. The number of benzene rings is 1. The van der Waals surface area contributed by atoms with Crippen LogP contribution in [0.2, 0.25) is 0 Å². The van der Waals surface area contributed by atoms with E-state index >= 15 is 0 Å². The summed E-state index contributed by atoms with van der Waals surface area (Å²) in [6.45, 7) is 3.57. The average molecular weight is 363 g/mol. The first-order valence-corrected chi connectivity index (χ1v) is 8.52. The van der Waals surface area contributed by atoms with Crippen molar-refractivity contribution in [3.63, 3.8) is 0 Å². The van der Waals surface area contributed by atoms with Crippen molar-refractivity contribution in [2.75, 3.05) is 32.7 Å². The molecule has 1 aliphatic rings. The number of amides is 1. The molecule has 0 bridgehead atoms. The van der Waals surface area contributed by atoms with Gasteiger partial charge in [-0.05, 0) is 24.1 Å². The number of aromatic nitrogens is 1. The van der Waals surface area contributed by atoms with Crippen LogP contribution in [-0.4, -0.2) is 53.4 Å². The highest BCUT2D eigenvalue weighted by Crippen LogP contribution is 2.27. The fraction of sp³-hybridized carbons (Fsp3) is 0.368. The highest BCUT2D eigenvalue weighted by atomic mass is 19.4. The Labute approximate surface area is 150 Å². The summed E-state index contributed by atoms with van der Waals surface area (Å²) in [7, 11) is 0. The maximum absolute atomic E-state index is 12.6. The number of carbonyl (C=O) groups is 1. The van der Waals surface area contributed by atoms with Crippen LogP contribution >= 0.6 is 0 Å². The minimum atomic E-state index is -4.49. The van der Waals surface area contributed by atoms with Gasteiger partial charge < -0.3 is 4.90 Å². The van der Waals surface area contributed by atoms with E-state index in [0.717, 1.165) is 38.3 Å². The third-order valence-electron chi connectivity index (χ3n) is 4.52. The predicted octanol–water partition coefficient (Wildman–Crippen LogP) is 3.10. The van der Waals surface area contributed by atoms with Gasteiger partial charge in [-0.2, -0.15) is 13.2 Å². The molecule has 1 aromatic heterocycles. The SMILES string of the molecule is O=C(c1ccc(C(F)(F)F)nc1)N1CCN(CCc2ccccc2)CC1. The summed E-state index contributed by atoms with van der Waals surface area (Å²) in [5.74, 6) is -0.270. The lowest BCUT2D eigenvalue weighted by Crippen LogP contribution is -2.49. The fourth-order valence-corrected chi connectivity index (χ4v) is 2.98. The summed E-state index contributed by atoms with van der Waals surface area (Å²) in [4.78, 5) is 19.8. The van der Waals surface area contributed by atoms with Gasteiger partial charge >= 0.3 is 6.18 Å². The molecule has 0 unspecified atom stereocenters. The van der Waals surface area contributed by atoms with Crippen molar-refractivity contribution < 1.29 is 18.0 Å². The van der Waals surface area contributed by atoms with Gasteiger partial charge in [-0.1, -0.05) is 30.3 Å². The number of halogens is 3. The van der Waals surface area contributed by atoms with Crippen LogP contribution in [0.4, 0.5) is 13.2 Å². The summed E-state index contributed by atoms with van der Waals surface area (Å²) in [5, 5.41) is 0. The summed E-state index contributed by atoms with van der Waals surface area (Å²) in [6, 6.07) is 12.3. The zero-order valence-corrected chi connectivity index (χ0v) is 14.2. The first-order chi connectivity index (χ1) is 12.4. The fourth-order valence-electron chi connectivity index (χ4n) is 2.98. The van der Waals surface area contributed by atoms with Crippen LogP contribution in [0.3, 0.4) is 0 Å². The Balaban J connectivity index is 1.50. The quantitative estimate of drug-likeness (QED) is 0.838. The molecule has 4 nitrogen and oxygen atoms in total. The number of pyridine rings is 1. The Morgan fingerprint density at radius 1 is 1.00 bits per heavy atom. The molecule has 0 spiro atoms. The molecule has 1 fully saturated rings. The molecule has 1 aromatic carbocycles. The molecule has 1 amide bonds. The van der Waals surface area contributed by atoms with Crippen LogP contribution in [0.1, 0.15) is 21.6 Å². The van der Waals surface area contributed by atoms with Crippen LogP contribution in [-0.2, 0) is 12.6 Å². The molecular weight excluding hydrogens is 343 g/mol. The van der Waals surface area contributed by atoms with Crippen molar-refractivity contribution >= 4 is 5.91 Å². The van der Waals surface area contributed by atoms with Crippen molar-refractivity contribution in [2.24, 2.45) is 0 Å². The third-order valence-corrected chi connectivity index (χ3v) is 4.52. The van der Waals surface area contributed by atoms with Gasteiger partial charge in [-0.15, -0.1) is 0 Å². The monoisotopic (exact) mass is 363 g/mol. The molecule has 0 saturated carbocycles. The van der Waals surface area contributed by atoms with Gasteiger partial charge in [0.25, 0.3) is 5.91 Å². The van der Waals surface area contributed by atoms with Crippen LogP contribution < -0.4 is 0 Å². The molecule has 26 heavy (non-hydrogen) atoms. The summed E-state index contributed by atoms with van der Waals surface area (Å²) in [6.07, 6.45) is -2.53. The number of carbonyl (C=O) groups excluding carboxylic acids is 1. The molecule has 0 atom stereocenters. The Morgan fingerprint density at radius 2 is 1.69 bits per heavy atom. The van der Waals surface area contributed by atoms with Crippen LogP contribution in [0, 0.1) is 0 Å². The number of hydrogen-bond donors (Lipinski definition) is 0. The minimum Gasteiger partial charge on any atom is -0.336 e. The molecule has 0 N–H and O–H groups in total. The van der Waals surface area contributed by atoms with Gasteiger partial charge in [0.15, 0.2) is 0 Å². The molecule has 2 heterocycles. The van der Waals surface area contributed by atoms with Crippen molar-refractivity contribution in [2.45, 2.75) is 12.6 Å². The van der Waals surface area contributed by atoms with E-state index in [1.165, 1.54) is 11.6 Å². The molecule has 0 aliphatic carbocycles. The molecule has 138 valence electrons. The van der Waals surface area contributed by atoms with Gasteiger partial charge in [-0.25, -0.2) is 0 Å². The Bertz CT molecular complexity index is 724. The Kier molecular flexibility index (Phi) is 5.56. The van der Waals surface area contributed by atoms with Crippen LogP contribution in [0.5, 0.6) is 0 Å². The smallest absolute Gasteiger partial charge is 0.336 e. The predicted molar refractivity (Wildman–Crippen MR) is 91.7 cm³/mol. The van der Waals surface area contributed by atoms with E-state index < -0.39 is 11.9 Å². The molecule has 3 rings (SSSR count). The van der Waals surface area contributed by atoms with Gasteiger partial charge in [-0.3, -0.25) is 14.7 Å². The Hall–Kier alpha value is -2.41. The van der Waals surface area contributed by atoms with Gasteiger partial charge in [0.1, 0.15) is 5.69 Å². The standard InChI is InChI=1S/C19H20F3N3O/c20-19(21,22)17-7-6-16(14-23-17)18(26)25-12-10-24(11-13-25)9-8-15-4-2-1-3-5-15/h1-7,14H,8-13H2. The van der Waals surface area contributed by atoms with E-state index in [9.17, 15) is 18.0 Å². The van der Waals surface area contributed by atoms with Gasteiger partial charge in [0, 0.05) is 38.9 Å². The molecule has 1 saturated heterocycles. The number of piperazine rings is 1. The normalized spacial score (nSPS) is 15.9. The van der Waals surface area contributed by atoms with E-state index in [0.29, 0.717) is 13.1 Å². The summed E-state index contributed by atoms with van der Waals surface area (Å²) < 4.78 is 37.7. The number of hydrogen-bond acceptors (Lipinski definition) is 3. The Morgan fingerprint density at radius 3 is 2.27 bits per heavy atom. The molecule has 1 aliphatic heterocycles. The number of alkyl halides is 3. The highest BCUT2D eigenvalue weighted by Gasteiger charge is 2.32. The largest absolute Gasteiger partial charge is 0.433 e. The van der Waals surface area contributed by atoms with E-state index in [1.807, 2.05) is 18.2 Å². The number of rotatable bonds is 4. The lowest BCUT2D eigenvalue weighted by molar-refractivity contribution is -0.141. The summed E-state index contributed by atoms with van der Waals surface area (Å²) in [5.41, 5.74) is 0.484. The van der Waals surface area contributed by atoms with E-state index in [1.54, 1.807) is 4.90 Å². The maximum Gasteiger partial charge on any atom is 0.433 e. The van der Waals surface area contributed by atoms with E-state index in [2.05, 4.69) is 22.0 Å². The van der Waals surface area contributed by atoms with Crippen molar-refractivity contribution in [3.8, 4) is 0 Å². The molecule has 0 radical (unpaired) electrons. The zero-order chi connectivity index (χ0) is 18.6. The lowest BCUT2D eigenvalue weighted by Gasteiger charge is -2.34. The van der Waals surface area contributed by atoms with Crippen LogP contribution in [0.15, 0.2) is 48.7 Å². The molecule has 2 aromatic rings.